The molecule has 76 valence electrons. The van der Waals surface area contributed by atoms with Crippen molar-refractivity contribution in [1.82, 2.24) is 0 Å². The first kappa shape index (κ1) is 10.5. The smallest absolute Gasteiger partial charge is 0.248 e. The van der Waals surface area contributed by atoms with Gasteiger partial charge in [0.1, 0.15) is 6.61 Å². The Morgan fingerprint density at radius 3 is 2.71 bits per heavy atom. The molecule has 0 aromatic heterocycles. The maximum absolute atomic E-state index is 11.2. The highest BCUT2D eigenvalue weighted by Crippen LogP contribution is 2.09. The number of rotatable bonds is 5. The van der Waals surface area contributed by atoms with Crippen molar-refractivity contribution >= 4 is 5.69 Å². The summed E-state index contributed by atoms with van der Waals surface area (Å²) in [5.41, 5.74) is 0.413. The van der Waals surface area contributed by atoms with Crippen LogP contribution in [0, 0.1) is 5.21 Å². The number of nitrogens with zero attached hydrogens (tertiary/aromatic N) is 2. The van der Waals surface area contributed by atoms with E-state index in [0.29, 0.717) is 17.0 Å². The second-order valence-electron chi connectivity index (χ2n) is 2.60. The van der Waals surface area contributed by atoms with E-state index in [2.05, 4.69) is 10.1 Å². The van der Waals surface area contributed by atoms with Crippen molar-refractivity contribution in [3.8, 4) is 0 Å². The van der Waals surface area contributed by atoms with E-state index in [-0.39, 0.29) is 13.2 Å². The molecule has 5 heteroatoms. The minimum Gasteiger partial charge on any atom is -0.592 e. The summed E-state index contributed by atoms with van der Waals surface area (Å²) < 4.78 is 0. The SMILES string of the molecule is [O-]/[N+](=N\OCCCO)c1ccccc1. The Labute approximate surface area is 81.8 Å². The third-order valence-electron chi connectivity index (χ3n) is 1.50. The fourth-order valence-corrected chi connectivity index (χ4v) is 0.825. The second kappa shape index (κ2) is 5.93. The molecular formula is C9H12N2O3. The van der Waals surface area contributed by atoms with Gasteiger partial charge < -0.3 is 15.2 Å². The minimum atomic E-state index is 0.0275. The van der Waals surface area contributed by atoms with Gasteiger partial charge in [-0.05, 0) is 4.86 Å². The Hall–Kier alpha value is -1.62. The summed E-state index contributed by atoms with van der Waals surface area (Å²) >= 11 is 0. The molecule has 0 atom stereocenters. The molecule has 0 radical (unpaired) electrons. The summed E-state index contributed by atoms with van der Waals surface area (Å²) in [5, 5.41) is 22.9. The second-order valence-corrected chi connectivity index (χ2v) is 2.60. The van der Waals surface area contributed by atoms with Gasteiger partial charge in [0.15, 0.2) is 0 Å². The van der Waals surface area contributed by atoms with Crippen LogP contribution >= 0.6 is 0 Å². The molecule has 0 aliphatic rings. The highest BCUT2D eigenvalue weighted by molar-refractivity contribution is 5.27. The molecule has 1 rings (SSSR count). The van der Waals surface area contributed by atoms with Crippen LogP contribution in [0.2, 0.25) is 0 Å². The molecule has 0 heterocycles. The summed E-state index contributed by atoms with van der Waals surface area (Å²) in [6.07, 6.45) is 0.464. The standard InChI is InChI=1S/C9H12N2O3/c12-7-4-8-14-10-11(13)9-5-2-1-3-6-9/h1-3,5-6,12H,4,7-8H2/b11-10-. The van der Waals surface area contributed by atoms with Gasteiger partial charge in [-0.1, -0.05) is 18.2 Å². The van der Waals surface area contributed by atoms with Crippen LogP contribution in [0.1, 0.15) is 6.42 Å². The molecule has 1 aromatic rings. The molecule has 5 nitrogen and oxygen atoms in total. The van der Waals surface area contributed by atoms with Crippen molar-refractivity contribution in [2.75, 3.05) is 13.2 Å². The number of hydrogen-bond donors (Lipinski definition) is 1. The van der Waals surface area contributed by atoms with Crippen molar-refractivity contribution in [1.29, 1.82) is 0 Å². The lowest BCUT2D eigenvalue weighted by atomic mass is 10.3. The van der Waals surface area contributed by atoms with Gasteiger partial charge in [0.2, 0.25) is 11.0 Å². The first-order chi connectivity index (χ1) is 6.84. The van der Waals surface area contributed by atoms with E-state index in [1.807, 2.05) is 6.07 Å². The van der Waals surface area contributed by atoms with Crippen LogP contribution in [0.25, 0.3) is 0 Å². The molecule has 0 saturated carbocycles. The molecule has 0 saturated heterocycles. The predicted octanol–water partition coefficient (Wildman–Crippen LogP) is 1.59. The third-order valence-corrected chi connectivity index (χ3v) is 1.50. The monoisotopic (exact) mass is 196 g/mol. The molecule has 1 aromatic carbocycles. The molecule has 0 aliphatic carbocycles. The Kier molecular flexibility index (Phi) is 4.43. The van der Waals surface area contributed by atoms with E-state index in [1.54, 1.807) is 24.3 Å². The van der Waals surface area contributed by atoms with Crippen LogP contribution in [-0.4, -0.2) is 23.2 Å². The molecule has 1 N–H and O–H groups in total. The predicted molar refractivity (Wildman–Crippen MR) is 49.8 cm³/mol. The molecule has 0 bridgehead atoms. The number of hydrogen-bond acceptors (Lipinski definition) is 4. The number of aliphatic hydroxyl groups excluding tert-OH is 1. The van der Waals surface area contributed by atoms with Crippen molar-refractivity contribution in [2.24, 2.45) is 5.28 Å². The van der Waals surface area contributed by atoms with E-state index in [0.717, 1.165) is 0 Å². The van der Waals surface area contributed by atoms with Crippen LogP contribution in [0.3, 0.4) is 0 Å². The molecular weight excluding hydrogens is 184 g/mol. The van der Waals surface area contributed by atoms with Crippen molar-refractivity contribution in [2.45, 2.75) is 6.42 Å². The van der Waals surface area contributed by atoms with E-state index in [9.17, 15) is 5.21 Å². The Morgan fingerprint density at radius 1 is 1.36 bits per heavy atom. The first-order valence-corrected chi connectivity index (χ1v) is 4.30. The third kappa shape index (κ3) is 3.40. The number of aliphatic hydroxyl groups is 1. The molecule has 0 unspecified atom stereocenters. The minimum absolute atomic E-state index is 0.0275. The van der Waals surface area contributed by atoms with Crippen LogP contribution in [0.5, 0.6) is 0 Å². The average molecular weight is 196 g/mol. The zero-order chi connectivity index (χ0) is 10.2. The molecule has 0 fully saturated rings. The van der Waals surface area contributed by atoms with Gasteiger partial charge in [-0.2, -0.15) is 0 Å². The van der Waals surface area contributed by atoms with E-state index < -0.39 is 0 Å². The summed E-state index contributed by atoms with van der Waals surface area (Å²) in [6.45, 7) is 0.266. The normalized spacial score (nSPS) is 11.4. The van der Waals surface area contributed by atoms with Crippen LogP contribution in [0.15, 0.2) is 35.6 Å². The fourth-order valence-electron chi connectivity index (χ4n) is 0.825. The topological polar surface area (TPSA) is 67.9 Å². The van der Waals surface area contributed by atoms with Crippen LogP contribution in [-0.2, 0) is 4.84 Å². The van der Waals surface area contributed by atoms with Gasteiger partial charge in [0.05, 0.1) is 0 Å². The maximum atomic E-state index is 11.2. The van der Waals surface area contributed by atoms with Crippen molar-refractivity contribution in [3.63, 3.8) is 0 Å². The highest BCUT2D eigenvalue weighted by Gasteiger charge is 2.00. The van der Waals surface area contributed by atoms with E-state index in [1.165, 1.54) is 0 Å². The first-order valence-electron chi connectivity index (χ1n) is 4.30. The molecule has 14 heavy (non-hydrogen) atoms. The van der Waals surface area contributed by atoms with E-state index >= 15 is 0 Å². The zero-order valence-electron chi connectivity index (χ0n) is 7.67. The van der Waals surface area contributed by atoms with Gasteiger partial charge in [0, 0.05) is 25.2 Å². The Bertz CT molecular complexity index is 287. The molecule has 0 aliphatic heterocycles. The van der Waals surface area contributed by atoms with Crippen molar-refractivity contribution < 1.29 is 14.8 Å². The van der Waals surface area contributed by atoms with Crippen LogP contribution in [0.4, 0.5) is 5.69 Å². The summed E-state index contributed by atoms with van der Waals surface area (Å²) in [4.78, 5) is 5.07. The maximum Gasteiger partial charge on any atom is 0.248 e. The fraction of sp³-hybridized carbons (Fsp3) is 0.333. The lowest BCUT2D eigenvalue weighted by Crippen LogP contribution is -1.96. The summed E-state index contributed by atoms with van der Waals surface area (Å²) in [7, 11) is 0. The van der Waals surface area contributed by atoms with Gasteiger partial charge in [-0.15, -0.1) is 0 Å². The van der Waals surface area contributed by atoms with Gasteiger partial charge in [0.25, 0.3) is 0 Å². The quantitative estimate of drug-likeness (QED) is 0.336. The number of para-hydroxylation sites is 1. The number of benzene rings is 1. The molecule has 0 amide bonds. The van der Waals surface area contributed by atoms with Crippen LogP contribution < -0.4 is 0 Å². The molecule has 0 spiro atoms. The zero-order valence-corrected chi connectivity index (χ0v) is 7.67. The lowest BCUT2D eigenvalue weighted by Gasteiger charge is -1.98. The lowest BCUT2D eigenvalue weighted by molar-refractivity contribution is -0.478. The summed E-state index contributed by atoms with van der Waals surface area (Å²) in [6, 6.07) is 8.55. The average Bonchev–Trinajstić information content (AvgIpc) is 2.25. The Morgan fingerprint density at radius 2 is 2.07 bits per heavy atom. The van der Waals surface area contributed by atoms with Gasteiger partial charge >= 0.3 is 0 Å². The largest absolute Gasteiger partial charge is 0.592 e. The van der Waals surface area contributed by atoms with Crippen molar-refractivity contribution in [3.05, 3.63) is 35.5 Å². The van der Waals surface area contributed by atoms with E-state index in [4.69, 9.17) is 5.11 Å². The van der Waals surface area contributed by atoms with Gasteiger partial charge in [-0.3, -0.25) is 0 Å². The van der Waals surface area contributed by atoms with Gasteiger partial charge in [-0.25, -0.2) is 0 Å². The summed E-state index contributed by atoms with van der Waals surface area (Å²) in [5.74, 6) is 0. The highest BCUT2D eigenvalue weighted by atomic mass is 16.7. The Balaban J connectivity index is 2.44.